The lowest BCUT2D eigenvalue weighted by Crippen LogP contribution is -2.08. The highest BCUT2D eigenvalue weighted by atomic mass is 79.9. The third-order valence-corrected chi connectivity index (χ3v) is 3.16. The molecule has 0 atom stereocenters. The summed E-state index contributed by atoms with van der Waals surface area (Å²) in [5.41, 5.74) is 0.471. The van der Waals surface area contributed by atoms with Gasteiger partial charge in [-0.1, -0.05) is 22.0 Å². The Morgan fingerprint density at radius 3 is 2.58 bits per heavy atom. The zero-order valence-corrected chi connectivity index (χ0v) is 11.3. The number of hydrogen-bond acceptors (Lipinski definition) is 2. The van der Waals surface area contributed by atoms with E-state index in [9.17, 15) is 13.2 Å². The number of alkyl halides is 3. The topological polar surface area (TPSA) is 24.9 Å². The predicted molar refractivity (Wildman–Crippen MR) is 70.7 cm³/mol. The normalized spacial score (nSPS) is 11.4. The molecule has 0 unspecified atom stereocenters. The number of aromatic nitrogens is 1. The van der Waals surface area contributed by atoms with Crippen LogP contribution in [-0.4, -0.2) is 4.98 Å². The second kappa shape index (κ2) is 5.61. The fourth-order valence-corrected chi connectivity index (χ4v) is 2.02. The van der Waals surface area contributed by atoms with Gasteiger partial charge in [-0.2, -0.15) is 13.2 Å². The van der Waals surface area contributed by atoms with Crippen LogP contribution in [0.25, 0.3) is 0 Å². The number of benzene rings is 1. The van der Waals surface area contributed by atoms with Crippen molar-refractivity contribution in [3.63, 3.8) is 0 Å². The first-order chi connectivity index (χ1) is 8.97. The number of anilines is 1. The van der Waals surface area contributed by atoms with E-state index < -0.39 is 11.7 Å². The third kappa shape index (κ3) is 3.70. The van der Waals surface area contributed by atoms with Crippen molar-refractivity contribution in [2.75, 3.05) is 5.32 Å². The highest BCUT2D eigenvalue weighted by molar-refractivity contribution is 9.10. The van der Waals surface area contributed by atoms with Crippen LogP contribution < -0.4 is 5.32 Å². The molecule has 2 nitrogen and oxygen atoms in total. The van der Waals surface area contributed by atoms with Crippen LogP contribution in [-0.2, 0) is 12.7 Å². The summed E-state index contributed by atoms with van der Waals surface area (Å²) in [4.78, 5) is 4.09. The zero-order valence-electron chi connectivity index (χ0n) is 9.71. The van der Waals surface area contributed by atoms with E-state index in [0.29, 0.717) is 12.2 Å². The van der Waals surface area contributed by atoms with Crippen LogP contribution >= 0.6 is 15.9 Å². The van der Waals surface area contributed by atoms with Crippen LogP contribution in [0.4, 0.5) is 18.9 Å². The first-order valence-electron chi connectivity index (χ1n) is 5.47. The Kier molecular flexibility index (Phi) is 4.09. The molecule has 0 saturated carbocycles. The Morgan fingerprint density at radius 1 is 1.16 bits per heavy atom. The van der Waals surface area contributed by atoms with Crippen molar-refractivity contribution in [2.24, 2.45) is 0 Å². The number of nitrogens with zero attached hydrogens (tertiary/aromatic N) is 1. The van der Waals surface area contributed by atoms with Gasteiger partial charge in [0.05, 0.1) is 17.8 Å². The molecule has 0 bridgehead atoms. The fourth-order valence-electron chi connectivity index (χ4n) is 1.55. The van der Waals surface area contributed by atoms with E-state index in [2.05, 4.69) is 26.2 Å². The van der Waals surface area contributed by atoms with Gasteiger partial charge in [0.1, 0.15) is 0 Å². The highest BCUT2D eigenvalue weighted by Gasteiger charge is 2.33. The lowest BCUT2D eigenvalue weighted by atomic mass is 10.2. The first-order valence-corrected chi connectivity index (χ1v) is 6.26. The summed E-state index contributed by atoms with van der Waals surface area (Å²) in [6.07, 6.45) is -2.73. The van der Waals surface area contributed by atoms with Crippen molar-refractivity contribution >= 4 is 21.6 Å². The SMILES string of the molecule is FC(F)(F)c1cc(NCc2ccccn2)ccc1Br. The summed E-state index contributed by atoms with van der Waals surface area (Å²) >= 11 is 2.90. The summed E-state index contributed by atoms with van der Waals surface area (Å²) in [7, 11) is 0. The Labute approximate surface area is 116 Å². The van der Waals surface area contributed by atoms with Crippen LogP contribution in [0, 0.1) is 0 Å². The van der Waals surface area contributed by atoms with Gasteiger partial charge < -0.3 is 5.32 Å². The molecule has 0 aliphatic heterocycles. The van der Waals surface area contributed by atoms with Crippen molar-refractivity contribution in [2.45, 2.75) is 12.7 Å². The molecule has 0 amide bonds. The number of nitrogens with one attached hydrogen (secondary N) is 1. The zero-order chi connectivity index (χ0) is 13.9. The minimum atomic E-state index is -4.37. The van der Waals surface area contributed by atoms with Gasteiger partial charge in [0, 0.05) is 16.4 Å². The average Bonchev–Trinajstić information content (AvgIpc) is 2.37. The molecule has 0 radical (unpaired) electrons. The number of hydrogen-bond donors (Lipinski definition) is 1. The highest BCUT2D eigenvalue weighted by Crippen LogP contribution is 2.36. The first kappa shape index (κ1) is 13.9. The minimum absolute atomic E-state index is 0.0309. The van der Waals surface area contributed by atoms with Crippen LogP contribution in [0.5, 0.6) is 0 Å². The number of pyridine rings is 1. The number of rotatable bonds is 3. The molecule has 2 rings (SSSR count). The molecular weight excluding hydrogens is 321 g/mol. The molecule has 19 heavy (non-hydrogen) atoms. The van der Waals surface area contributed by atoms with Gasteiger partial charge in [0.25, 0.3) is 0 Å². The lowest BCUT2D eigenvalue weighted by Gasteiger charge is -2.12. The number of halogens is 4. The predicted octanol–water partition coefficient (Wildman–Crippen LogP) is 4.48. The van der Waals surface area contributed by atoms with Crippen molar-refractivity contribution in [1.82, 2.24) is 4.98 Å². The van der Waals surface area contributed by atoms with Gasteiger partial charge in [-0.25, -0.2) is 0 Å². The van der Waals surface area contributed by atoms with Crippen LogP contribution in [0.2, 0.25) is 0 Å². The molecule has 0 aliphatic carbocycles. The Balaban J connectivity index is 2.14. The quantitative estimate of drug-likeness (QED) is 0.897. The van der Waals surface area contributed by atoms with Gasteiger partial charge in [-0.15, -0.1) is 0 Å². The fraction of sp³-hybridized carbons (Fsp3) is 0.154. The molecule has 1 N–H and O–H groups in total. The largest absolute Gasteiger partial charge is 0.417 e. The van der Waals surface area contributed by atoms with Gasteiger partial charge in [0.15, 0.2) is 0 Å². The molecule has 100 valence electrons. The summed E-state index contributed by atoms with van der Waals surface area (Å²) < 4.78 is 38.2. The molecule has 6 heteroatoms. The second-order valence-corrected chi connectivity index (χ2v) is 4.72. The Hall–Kier alpha value is -1.56. The van der Waals surface area contributed by atoms with Crippen LogP contribution in [0.3, 0.4) is 0 Å². The smallest absolute Gasteiger partial charge is 0.379 e. The van der Waals surface area contributed by atoms with Gasteiger partial charge in [-0.3, -0.25) is 4.98 Å². The molecule has 0 fully saturated rings. The van der Waals surface area contributed by atoms with E-state index in [1.165, 1.54) is 6.07 Å². The van der Waals surface area contributed by atoms with Crippen molar-refractivity contribution in [3.8, 4) is 0 Å². The molecule has 1 heterocycles. The molecule has 1 aromatic heterocycles. The van der Waals surface area contributed by atoms with Crippen molar-refractivity contribution < 1.29 is 13.2 Å². The maximum Gasteiger partial charge on any atom is 0.417 e. The molecule has 0 spiro atoms. The molecule has 0 aliphatic rings. The van der Waals surface area contributed by atoms with Gasteiger partial charge in [-0.05, 0) is 30.3 Å². The molecule has 1 aromatic carbocycles. The van der Waals surface area contributed by atoms with Crippen molar-refractivity contribution in [1.29, 1.82) is 0 Å². The third-order valence-electron chi connectivity index (χ3n) is 2.47. The summed E-state index contributed by atoms with van der Waals surface area (Å²) in [5, 5.41) is 2.92. The van der Waals surface area contributed by atoms with Crippen LogP contribution in [0.15, 0.2) is 47.1 Å². The Bertz CT molecular complexity index is 556. The van der Waals surface area contributed by atoms with Gasteiger partial charge >= 0.3 is 6.18 Å². The average molecular weight is 331 g/mol. The van der Waals surface area contributed by atoms with Crippen LogP contribution in [0.1, 0.15) is 11.3 Å². The maximum atomic E-state index is 12.7. The van der Waals surface area contributed by atoms with Gasteiger partial charge in [0.2, 0.25) is 0 Å². The molecular formula is C13H10BrF3N2. The Morgan fingerprint density at radius 2 is 1.95 bits per heavy atom. The summed E-state index contributed by atoms with van der Waals surface area (Å²) in [6.45, 7) is 0.375. The molecule has 2 aromatic rings. The van der Waals surface area contributed by atoms with E-state index in [-0.39, 0.29) is 4.47 Å². The van der Waals surface area contributed by atoms with Crippen molar-refractivity contribution in [3.05, 3.63) is 58.3 Å². The maximum absolute atomic E-state index is 12.7. The summed E-state index contributed by atoms with van der Waals surface area (Å²) in [6, 6.07) is 9.45. The monoisotopic (exact) mass is 330 g/mol. The van der Waals surface area contributed by atoms with E-state index in [1.54, 1.807) is 24.4 Å². The van der Waals surface area contributed by atoms with E-state index in [0.717, 1.165) is 11.8 Å². The summed E-state index contributed by atoms with van der Waals surface area (Å²) in [5.74, 6) is 0. The lowest BCUT2D eigenvalue weighted by molar-refractivity contribution is -0.138. The van der Waals surface area contributed by atoms with E-state index in [4.69, 9.17) is 0 Å². The van der Waals surface area contributed by atoms with E-state index in [1.807, 2.05) is 6.07 Å². The minimum Gasteiger partial charge on any atom is -0.379 e. The molecule has 0 saturated heterocycles. The second-order valence-electron chi connectivity index (χ2n) is 3.87. The standard InChI is InChI=1S/C13H10BrF3N2/c14-12-5-4-9(7-11(12)13(15,16)17)19-8-10-3-1-2-6-18-10/h1-7,19H,8H2. The van der Waals surface area contributed by atoms with E-state index >= 15 is 0 Å².